The molecule has 0 bridgehead atoms. The molecule has 0 unspecified atom stereocenters. The summed E-state index contributed by atoms with van der Waals surface area (Å²) in [5.74, 6) is -0.610. The third-order valence-electron chi connectivity index (χ3n) is 2.05. The Hall–Kier alpha value is -1.69. The quantitative estimate of drug-likeness (QED) is 0.348. The van der Waals surface area contributed by atoms with Gasteiger partial charge in [0.25, 0.3) is 5.69 Å². The molecule has 0 amide bonds. The summed E-state index contributed by atoms with van der Waals surface area (Å²) >= 11 is 0.919. The maximum absolute atomic E-state index is 11.3. The topological polar surface area (TPSA) is 77.3 Å². The Kier molecular flexibility index (Phi) is 4.39. The molecule has 0 spiro atoms. The summed E-state index contributed by atoms with van der Waals surface area (Å²) in [5.41, 5.74) is -0.0926. The minimum Gasteiger partial charge on any atom is -0.298 e. The lowest BCUT2D eigenvalue weighted by atomic mass is 10.2. The Morgan fingerprint density at radius 1 is 1.24 bits per heavy atom. The predicted octanol–water partition coefficient (Wildman–Crippen LogP) is 2.23. The van der Waals surface area contributed by atoms with Crippen LogP contribution in [0, 0.1) is 10.1 Å². The minimum atomic E-state index is -0.879. The zero-order valence-corrected chi connectivity index (χ0v) is 10.2. The van der Waals surface area contributed by atoms with E-state index in [2.05, 4.69) is 0 Å². The first-order valence-corrected chi connectivity index (χ1v) is 5.72. The van der Waals surface area contributed by atoms with E-state index >= 15 is 0 Å². The smallest absolute Gasteiger partial charge is 0.282 e. The Bertz CT molecular complexity index is 458. The fraction of sp³-hybridized carbons (Fsp3) is 0.273. The molecule has 0 aliphatic heterocycles. The van der Waals surface area contributed by atoms with Gasteiger partial charge in [0.1, 0.15) is 5.25 Å². The zero-order valence-electron chi connectivity index (χ0n) is 9.38. The summed E-state index contributed by atoms with van der Waals surface area (Å²) in [7, 11) is 0. The van der Waals surface area contributed by atoms with Crippen molar-refractivity contribution in [2.24, 2.45) is 0 Å². The molecule has 0 atom stereocenters. The van der Waals surface area contributed by atoms with Gasteiger partial charge in [0.2, 0.25) is 0 Å². The van der Waals surface area contributed by atoms with Gasteiger partial charge in [-0.3, -0.25) is 19.7 Å². The normalized spacial score (nSPS) is 10.3. The molecule has 0 saturated carbocycles. The van der Waals surface area contributed by atoms with Gasteiger partial charge in [0.05, 0.1) is 9.82 Å². The molecule has 0 N–H and O–H groups in total. The standard InChI is InChI=1S/C11H11NO4S/c1-7(13)11(8(2)14)17-10-6-4-3-5-9(10)12(15)16/h3-6,11H,1-2H3. The number of para-hydroxylation sites is 1. The van der Waals surface area contributed by atoms with Gasteiger partial charge >= 0.3 is 0 Å². The van der Waals surface area contributed by atoms with Crippen LogP contribution in [0.1, 0.15) is 13.8 Å². The van der Waals surface area contributed by atoms with Gasteiger partial charge in [0, 0.05) is 6.07 Å². The van der Waals surface area contributed by atoms with E-state index < -0.39 is 10.2 Å². The number of benzene rings is 1. The molecular weight excluding hydrogens is 242 g/mol. The molecule has 0 fully saturated rings. The van der Waals surface area contributed by atoms with Crippen LogP contribution in [0.25, 0.3) is 0 Å². The molecule has 0 radical (unpaired) electrons. The number of carbonyl (C=O) groups is 2. The Morgan fingerprint density at radius 2 is 1.76 bits per heavy atom. The van der Waals surface area contributed by atoms with Crippen molar-refractivity contribution in [3.63, 3.8) is 0 Å². The predicted molar refractivity (Wildman–Crippen MR) is 64.1 cm³/mol. The minimum absolute atomic E-state index is 0.0926. The van der Waals surface area contributed by atoms with Crippen LogP contribution in [0.3, 0.4) is 0 Å². The second kappa shape index (κ2) is 5.58. The van der Waals surface area contributed by atoms with E-state index in [1.165, 1.54) is 26.0 Å². The molecule has 0 heterocycles. The molecule has 0 aliphatic carbocycles. The third kappa shape index (κ3) is 3.39. The van der Waals surface area contributed by atoms with Crippen molar-refractivity contribution in [2.75, 3.05) is 0 Å². The fourth-order valence-electron chi connectivity index (χ4n) is 1.29. The van der Waals surface area contributed by atoms with Crippen LogP contribution in [-0.4, -0.2) is 21.7 Å². The SMILES string of the molecule is CC(=O)C(Sc1ccccc1[N+](=O)[O-])C(C)=O. The van der Waals surface area contributed by atoms with Crippen molar-refractivity contribution in [1.29, 1.82) is 0 Å². The summed E-state index contributed by atoms with van der Waals surface area (Å²) in [6.45, 7) is 2.60. The van der Waals surface area contributed by atoms with Crippen molar-refractivity contribution >= 4 is 29.0 Å². The summed E-state index contributed by atoms with van der Waals surface area (Å²) in [6, 6.07) is 6.05. The number of thioether (sulfide) groups is 1. The lowest BCUT2D eigenvalue weighted by Gasteiger charge is -2.09. The lowest BCUT2D eigenvalue weighted by molar-refractivity contribution is -0.387. The van der Waals surface area contributed by atoms with E-state index in [0.29, 0.717) is 4.90 Å². The number of hydrogen-bond acceptors (Lipinski definition) is 5. The van der Waals surface area contributed by atoms with Crippen LogP contribution >= 0.6 is 11.8 Å². The molecule has 0 aromatic heterocycles. The van der Waals surface area contributed by atoms with Gasteiger partial charge in [-0.25, -0.2) is 0 Å². The average Bonchev–Trinajstić information content (AvgIpc) is 2.25. The van der Waals surface area contributed by atoms with Crippen LogP contribution in [0.5, 0.6) is 0 Å². The second-order valence-corrected chi connectivity index (χ2v) is 4.59. The van der Waals surface area contributed by atoms with Gasteiger partial charge in [0.15, 0.2) is 11.6 Å². The molecule has 0 saturated heterocycles. The first-order valence-electron chi connectivity index (χ1n) is 4.84. The van der Waals surface area contributed by atoms with Crippen LogP contribution in [0.2, 0.25) is 0 Å². The highest BCUT2D eigenvalue weighted by atomic mass is 32.2. The summed E-state index contributed by atoms with van der Waals surface area (Å²) in [5, 5.41) is 9.89. The van der Waals surface area contributed by atoms with Crippen molar-refractivity contribution in [1.82, 2.24) is 0 Å². The first-order chi connectivity index (χ1) is 7.93. The van der Waals surface area contributed by atoms with Crippen LogP contribution in [0.15, 0.2) is 29.2 Å². The maximum Gasteiger partial charge on any atom is 0.282 e. The number of nitro benzene ring substituents is 1. The number of nitrogens with zero attached hydrogens (tertiary/aromatic N) is 1. The number of rotatable bonds is 5. The van der Waals surface area contributed by atoms with Gasteiger partial charge in [-0.05, 0) is 19.9 Å². The molecule has 1 rings (SSSR count). The van der Waals surface area contributed by atoms with Crippen LogP contribution in [0.4, 0.5) is 5.69 Å². The van der Waals surface area contributed by atoms with Crippen molar-refractivity contribution in [3.05, 3.63) is 34.4 Å². The Labute approximate surface area is 102 Å². The highest BCUT2D eigenvalue weighted by Gasteiger charge is 2.24. The Balaban J connectivity index is 3.05. The molecule has 90 valence electrons. The van der Waals surface area contributed by atoms with Crippen molar-refractivity contribution in [3.8, 4) is 0 Å². The number of nitro groups is 1. The van der Waals surface area contributed by atoms with Gasteiger partial charge in [-0.1, -0.05) is 23.9 Å². The van der Waals surface area contributed by atoms with E-state index in [0.717, 1.165) is 11.8 Å². The summed E-state index contributed by atoms with van der Waals surface area (Å²) in [4.78, 5) is 33.1. The van der Waals surface area contributed by atoms with Crippen LogP contribution < -0.4 is 0 Å². The second-order valence-electron chi connectivity index (χ2n) is 3.44. The largest absolute Gasteiger partial charge is 0.298 e. The van der Waals surface area contributed by atoms with Gasteiger partial charge in [-0.15, -0.1) is 0 Å². The molecular formula is C11H11NO4S. The fourth-order valence-corrected chi connectivity index (χ4v) is 2.29. The first kappa shape index (κ1) is 13.4. The molecule has 0 aliphatic rings. The number of carbonyl (C=O) groups excluding carboxylic acids is 2. The average molecular weight is 253 g/mol. The van der Waals surface area contributed by atoms with E-state index in [1.807, 2.05) is 0 Å². The molecule has 5 nitrogen and oxygen atoms in total. The number of ketones is 2. The molecule has 6 heteroatoms. The molecule has 17 heavy (non-hydrogen) atoms. The molecule has 1 aromatic rings. The van der Waals surface area contributed by atoms with E-state index in [-0.39, 0.29) is 17.3 Å². The third-order valence-corrected chi connectivity index (χ3v) is 3.54. The number of hydrogen-bond donors (Lipinski definition) is 0. The van der Waals surface area contributed by atoms with Crippen molar-refractivity contribution < 1.29 is 14.5 Å². The van der Waals surface area contributed by atoms with Gasteiger partial charge < -0.3 is 0 Å². The van der Waals surface area contributed by atoms with E-state index in [4.69, 9.17) is 0 Å². The monoisotopic (exact) mass is 253 g/mol. The lowest BCUT2D eigenvalue weighted by Crippen LogP contribution is -2.22. The van der Waals surface area contributed by atoms with E-state index in [1.54, 1.807) is 12.1 Å². The van der Waals surface area contributed by atoms with E-state index in [9.17, 15) is 19.7 Å². The van der Waals surface area contributed by atoms with Crippen LogP contribution in [-0.2, 0) is 9.59 Å². The van der Waals surface area contributed by atoms with Crippen molar-refractivity contribution in [2.45, 2.75) is 24.0 Å². The Morgan fingerprint density at radius 3 is 2.24 bits per heavy atom. The highest BCUT2D eigenvalue weighted by molar-refractivity contribution is 8.01. The maximum atomic E-state index is 11.3. The number of Topliss-reactive ketones (excluding diaryl/α,β-unsaturated/α-hetero) is 2. The highest BCUT2D eigenvalue weighted by Crippen LogP contribution is 2.32. The summed E-state index contributed by atoms with van der Waals surface area (Å²) in [6.07, 6.45) is 0. The zero-order chi connectivity index (χ0) is 13.0. The summed E-state index contributed by atoms with van der Waals surface area (Å²) < 4.78 is 0. The molecule has 1 aromatic carbocycles. The van der Waals surface area contributed by atoms with Gasteiger partial charge in [-0.2, -0.15) is 0 Å².